The first-order chi connectivity index (χ1) is 13.1. The molecule has 0 aliphatic carbocycles. The SMILES string of the molecule is COC(=O)c1ccc2c(c1)nc(-c1ccc(Cl)cc1)n2-c1ccc(F)cc1. The zero-order valence-electron chi connectivity index (χ0n) is 14.3. The van der Waals surface area contributed by atoms with Gasteiger partial charge in [0.2, 0.25) is 0 Å². The first kappa shape index (κ1) is 17.2. The fourth-order valence-corrected chi connectivity index (χ4v) is 3.10. The minimum absolute atomic E-state index is 0.316. The molecule has 0 radical (unpaired) electrons. The van der Waals surface area contributed by atoms with E-state index in [4.69, 9.17) is 21.3 Å². The highest BCUT2D eigenvalue weighted by atomic mass is 35.5. The van der Waals surface area contributed by atoms with E-state index in [9.17, 15) is 9.18 Å². The van der Waals surface area contributed by atoms with Crippen LogP contribution in [0.15, 0.2) is 66.7 Å². The van der Waals surface area contributed by atoms with Crippen LogP contribution in [0.3, 0.4) is 0 Å². The molecular weight excluding hydrogens is 367 g/mol. The second kappa shape index (κ2) is 6.85. The van der Waals surface area contributed by atoms with Crippen LogP contribution in [0.25, 0.3) is 28.1 Å². The van der Waals surface area contributed by atoms with Crippen LogP contribution in [-0.2, 0) is 4.74 Å². The van der Waals surface area contributed by atoms with Gasteiger partial charge in [-0.1, -0.05) is 11.6 Å². The molecule has 4 aromatic rings. The quantitative estimate of drug-likeness (QED) is 0.455. The van der Waals surface area contributed by atoms with Crippen LogP contribution in [0.4, 0.5) is 4.39 Å². The summed E-state index contributed by atoms with van der Waals surface area (Å²) in [6.07, 6.45) is 0. The molecule has 0 unspecified atom stereocenters. The third-order valence-electron chi connectivity index (χ3n) is 4.26. The van der Waals surface area contributed by atoms with Gasteiger partial charge in [-0.15, -0.1) is 0 Å². The van der Waals surface area contributed by atoms with E-state index in [0.717, 1.165) is 16.8 Å². The molecule has 0 fully saturated rings. The maximum absolute atomic E-state index is 13.4. The van der Waals surface area contributed by atoms with Crippen molar-refractivity contribution in [2.45, 2.75) is 0 Å². The number of fused-ring (bicyclic) bond motifs is 1. The van der Waals surface area contributed by atoms with Gasteiger partial charge < -0.3 is 4.74 Å². The lowest BCUT2D eigenvalue weighted by atomic mass is 10.2. The smallest absolute Gasteiger partial charge is 0.337 e. The summed E-state index contributed by atoms with van der Waals surface area (Å²) in [6.45, 7) is 0. The molecule has 1 heterocycles. The number of ether oxygens (including phenoxy) is 1. The highest BCUT2D eigenvalue weighted by Crippen LogP contribution is 2.30. The summed E-state index contributed by atoms with van der Waals surface area (Å²) in [4.78, 5) is 16.6. The molecule has 0 amide bonds. The maximum Gasteiger partial charge on any atom is 0.337 e. The molecule has 3 aromatic carbocycles. The summed E-state index contributed by atoms with van der Waals surface area (Å²) in [5.41, 5.74) is 3.44. The Labute approximate surface area is 159 Å². The van der Waals surface area contributed by atoms with Gasteiger partial charge in [-0.05, 0) is 66.7 Å². The Kier molecular flexibility index (Phi) is 4.38. The monoisotopic (exact) mass is 380 g/mol. The Hall–Kier alpha value is -3.18. The molecule has 0 atom stereocenters. The van der Waals surface area contributed by atoms with Crippen molar-refractivity contribution in [1.29, 1.82) is 0 Å². The molecule has 0 N–H and O–H groups in total. The van der Waals surface area contributed by atoms with Crippen molar-refractivity contribution in [2.75, 3.05) is 7.11 Å². The molecule has 0 aliphatic rings. The minimum atomic E-state index is -0.429. The lowest BCUT2D eigenvalue weighted by Gasteiger charge is -2.10. The average Bonchev–Trinajstić information content (AvgIpc) is 3.07. The van der Waals surface area contributed by atoms with E-state index in [1.54, 1.807) is 42.5 Å². The van der Waals surface area contributed by atoms with Crippen LogP contribution in [0.5, 0.6) is 0 Å². The number of aromatic nitrogens is 2. The van der Waals surface area contributed by atoms with E-state index in [2.05, 4.69) is 0 Å². The van der Waals surface area contributed by atoms with Crippen molar-refractivity contribution < 1.29 is 13.9 Å². The van der Waals surface area contributed by atoms with Gasteiger partial charge in [-0.2, -0.15) is 0 Å². The summed E-state index contributed by atoms with van der Waals surface area (Å²) in [7, 11) is 1.34. The van der Waals surface area contributed by atoms with Crippen LogP contribution in [0.1, 0.15) is 10.4 Å². The Morgan fingerprint density at radius 3 is 2.41 bits per heavy atom. The predicted octanol–water partition coefficient (Wildman–Crippen LogP) is 5.27. The number of rotatable bonds is 3. The number of benzene rings is 3. The summed E-state index contributed by atoms with van der Waals surface area (Å²) < 4.78 is 20.1. The molecule has 1 aromatic heterocycles. The summed E-state index contributed by atoms with van der Waals surface area (Å²) in [5, 5.41) is 0.621. The van der Waals surface area contributed by atoms with E-state index in [1.807, 2.05) is 16.7 Å². The van der Waals surface area contributed by atoms with Crippen molar-refractivity contribution in [2.24, 2.45) is 0 Å². The number of hydrogen-bond acceptors (Lipinski definition) is 3. The fraction of sp³-hybridized carbons (Fsp3) is 0.0476. The minimum Gasteiger partial charge on any atom is -0.465 e. The normalized spacial score (nSPS) is 10.9. The number of halogens is 2. The molecule has 0 saturated heterocycles. The standard InChI is InChI=1S/C21H14ClFN2O2/c1-27-21(26)14-4-11-19-18(12-14)24-20(13-2-5-15(22)6-3-13)25(19)17-9-7-16(23)8-10-17/h2-12H,1H3. The van der Waals surface area contributed by atoms with E-state index >= 15 is 0 Å². The number of carbonyl (C=O) groups is 1. The van der Waals surface area contributed by atoms with E-state index < -0.39 is 5.97 Å². The maximum atomic E-state index is 13.4. The molecule has 0 spiro atoms. The number of carbonyl (C=O) groups excluding carboxylic acids is 1. The third-order valence-corrected chi connectivity index (χ3v) is 4.51. The van der Waals surface area contributed by atoms with Gasteiger partial charge in [0.1, 0.15) is 11.6 Å². The molecule has 134 valence electrons. The van der Waals surface area contributed by atoms with E-state index in [1.165, 1.54) is 19.2 Å². The lowest BCUT2D eigenvalue weighted by Crippen LogP contribution is -2.01. The van der Waals surface area contributed by atoms with Crippen molar-refractivity contribution in [3.63, 3.8) is 0 Å². The molecule has 0 saturated carbocycles. The van der Waals surface area contributed by atoms with Crippen molar-refractivity contribution in [3.8, 4) is 17.1 Å². The molecule has 6 heteroatoms. The molecule has 0 aliphatic heterocycles. The highest BCUT2D eigenvalue weighted by Gasteiger charge is 2.16. The molecule has 4 nitrogen and oxygen atoms in total. The molecule has 0 bridgehead atoms. The van der Waals surface area contributed by atoms with Crippen molar-refractivity contribution >= 4 is 28.6 Å². The number of hydrogen-bond donors (Lipinski definition) is 0. The largest absolute Gasteiger partial charge is 0.465 e. The lowest BCUT2D eigenvalue weighted by molar-refractivity contribution is 0.0601. The number of nitrogens with zero attached hydrogens (tertiary/aromatic N) is 2. The van der Waals surface area contributed by atoms with Gasteiger partial charge in [-0.3, -0.25) is 4.57 Å². The molecular formula is C21H14ClFN2O2. The second-order valence-electron chi connectivity index (χ2n) is 5.95. The zero-order chi connectivity index (χ0) is 19.0. The Morgan fingerprint density at radius 2 is 1.74 bits per heavy atom. The van der Waals surface area contributed by atoms with Gasteiger partial charge in [0, 0.05) is 16.3 Å². The van der Waals surface area contributed by atoms with E-state index in [0.29, 0.717) is 21.9 Å². The summed E-state index contributed by atoms with van der Waals surface area (Å²) in [6, 6.07) is 18.6. The van der Waals surface area contributed by atoms with Gasteiger partial charge in [0.25, 0.3) is 0 Å². The fourth-order valence-electron chi connectivity index (χ4n) is 2.97. The van der Waals surface area contributed by atoms with Gasteiger partial charge >= 0.3 is 5.97 Å². The highest BCUT2D eigenvalue weighted by molar-refractivity contribution is 6.30. The Balaban J connectivity index is 1.99. The first-order valence-electron chi connectivity index (χ1n) is 8.19. The summed E-state index contributed by atoms with van der Waals surface area (Å²) >= 11 is 6.00. The molecule has 27 heavy (non-hydrogen) atoms. The van der Waals surface area contributed by atoms with Crippen LogP contribution in [0.2, 0.25) is 5.02 Å². The van der Waals surface area contributed by atoms with E-state index in [-0.39, 0.29) is 5.82 Å². The van der Waals surface area contributed by atoms with Crippen LogP contribution in [0, 0.1) is 5.82 Å². The Bertz CT molecular complexity index is 1140. The number of methoxy groups -OCH3 is 1. The Morgan fingerprint density at radius 1 is 1.04 bits per heavy atom. The van der Waals surface area contributed by atoms with Crippen LogP contribution in [-0.4, -0.2) is 22.6 Å². The second-order valence-corrected chi connectivity index (χ2v) is 6.39. The van der Waals surface area contributed by atoms with Gasteiger partial charge in [0.05, 0.1) is 23.7 Å². The number of esters is 1. The van der Waals surface area contributed by atoms with Crippen molar-refractivity contribution in [1.82, 2.24) is 9.55 Å². The summed E-state index contributed by atoms with van der Waals surface area (Å²) in [5.74, 6) is -0.0826. The van der Waals surface area contributed by atoms with Gasteiger partial charge in [-0.25, -0.2) is 14.2 Å². The van der Waals surface area contributed by atoms with Crippen LogP contribution < -0.4 is 0 Å². The van der Waals surface area contributed by atoms with Gasteiger partial charge in [0.15, 0.2) is 0 Å². The van der Waals surface area contributed by atoms with Crippen molar-refractivity contribution in [3.05, 3.63) is 83.1 Å². The van der Waals surface area contributed by atoms with Crippen LogP contribution >= 0.6 is 11.6 Å². The zero-order valence-corrected chi connectivity index (χ0v) is 15.1. The first-order valence-corrected chi connectivity index (χ1v) is 8.57. The topological polar surface area (TPSA) is 44.1 Å². The average molecular weight is 381 g/mol. The third kappa shape index (κ3) is 3.17. The number of imidazole rings is 1. The molecule has 4 rings (SSSR count). The predicted molar refractivity (Wildman–Crippen MR) is 103 cm³/mol.